The van der Waals surface area contributed by atoms with Gasteiger partial charge in [0.05, 0.1) is 7.11 Å². The summed E-state index contributed by atoms with van der Waals surface area (Å²) in [5, 5.41) is 0. The maximum atomic E-state index is 9.84. The van der Waals surface area contributed by atoms with Crippen LogP contribution in [0.4, 0.5) is 0 Å². The third kappa shape index (κ3) is 5.71. The minimum Gasteiger partial charge on any atom is -0.466 e. The fourth-order valence-electron chi connectivity index (χ4n) is 0.583. The Morgan fingerprint density at radius 3 is 2.21 bits per heavy atom. The van der Waals surface area contributed by atoms with E-state index in [0.29, 0.717) is 0 Å². The summed E-state index contributed by atoms with van der Waals surface area (Å²) >= 11 is 0. The molecule has 1 rings (SSSR count). The van der Waals surface area contributed by atoms with Gasteiger partial charge in [-0.15, -0.1) is 0 Å². The maximum absolute atomic E-state index is 9.84. The molecule has 3 nitrogen and oxygen atoms in total. The van der Waals surface area contributed by atoms with Crippen LogP contribution in [0.15, 0.2) is 43.8 Å². The molecule has 0 atom stereocenters. The molecule has 1 aromatic rings. The second-order valence-corrected chi connectivity index (χ2v) is 2.21. The molecule has 1 heterocycles. The van der Waals surface area contributed by atoms with E-state index in [1.807, 2.05) is 12.1 Å². The van der Waals surface area contributed by atoms with Crippen LogP contribution >= 0.6 is 0 Å². The van der Waals surface area contributed by atoms with Crippen molar-refractivity contribution < 1.29 is 9.53 Å². The molecule has 0 aromatic carbocycles. The van der Waals surface area contributed by atoms with Crippen LogP contribution in [0.3, 0.4) is 0 Å². The number of ether oxygens (including phenoxy) is 1. The van der Waals surface area contributed by atoms with E-state index in [9.17, 15) is 4.79 Å². The fourth-order valence-corrected chi connectivity index (χ4v) is 0.583. The summed E-state index contributed by atoms with van der Waals surface area (Å²) in [6, 6.07) is 3.82. The molecule has 0 N–H and O–H groups in total. The molecule has 74 valence electrons. The summed E-state index contributed by atoms with van der Waals surface area (Å²) < 4.78 is 4.14. The number of nitrogens with zero attached hydrogens (tertiary/aromatic N) is 1. The van der Waals surface area contributed by atoms with Gasteiger partial charge in [0, 0.05) is 18.5 Å². The van der Waals surface area contributed by atoms with Crippen molar-refractivity contribution in [3.63, 3.8) is 0 Å². The van der Waals surface area contributed by atoms with Crippen LogP contribution in [0.1, 0.15) is 5.56 Å². The standard InChI is InChI=1S/C7H7N.C4H6O2/c1-2-7-3-5-8-6-4-7;1-3-4(5)6-2/h2-6H,1H2;3H,1H2,2H3. The van der Waals surface area contributed by atoms with Crippen LogP contribution in [-0.2, 0) is 9.53 Å². The largest absolute Gasteiger partial charge is 0.466 e. The van der Waals surface area contributed by atoms with Crippen molar-refractivity contribution in [1.29, 1.82) is 0 Å². The third-order valence-electron chi connectivity index (χ3n) is 1.31. The van der Waals surface area contributed by atoms with E-state index in [1.165, 1.54) is 7.11 Å². The number of esters is 1. The van der Waals surface area contributed by atoms with E-state index >= 15 is 0 Å². The topological polar surface area (TPSA) is 39.2 Å². The average Bonchev–Trinajstić information content (AvgIpc) is 2.30. The SMILES string of the molecule is C=CC(=O)OC.C=Cc1ccncc1. The van der Waals surface area contributed by atoms with Gasteiger partial charge in [0.1, 0.15) is 0 Å². The zero-order chi connectivity index (χ0) is 10.8. The van der Waals surface area contributed by atoms with E-state index in [1.54, 1.807) is 18.5 Å². The van der Waals surface area contributed by atoms with Crippen LogP contribution in [0.25, 0.3) is 6.08 Å². The molecule has 14 heavy (non-hydrogen) atoms. The molecule has 0 radical (unpaired) electrons. The number of hydrogen-bond acceptors (Lipinski definition) is 3. The number of carbonyl (C=O) groups excluding carboxylic acids is 1. The van der Waals surface area contributed by atoms with Crippen molar-refractivity contribution >= 4 is 12.0 Å². The molecule has 0 fully saturated rings. The molecule has 0 saturated heterocycles. The van der Waals surface area contributed by atoms with Crippen molar-refractivity contribution in [2.45, 2.75) is 0 Å². The molecular weight excluding hydrogens is 178 g/mol. The molecule has 0 spiro atoms. The van der Waals surface area contributed by atoms with Gasteiger partial charge in [-0.05, 0) is 17.7 Å². The summed E-state index contributed by atoms with van der Waals surface area (Å²) in [6.07, 6.45) is 6.40. The lowest BCUT2D eigenvalue weighted by atomic mass is 10.3. The number of methoxy groups -OCH3 is 1. The molecular formula is C11H13NO2. The first-order valence-corrected chi connectivity index (χ1v) is 3.97. The summed E-state index contributed by atoms with van der Waals surface area (Å²) in [6.45, 7) is 6.76. The Balaban J connectivity index is 0.000000255. The molecule has 0 amide bonds. The molecule has 3 heteroatoms. The Bertz CT molecular complexity index is 293. The Hall–Kier alpha value is -1.90. The van der Waals surface area contributed by atoms with Crippen molar-refractivity contribution in [2.75, 3.05) is 7.11 Å². The van der Waals surface area contributed by atoms with Gasteiger partial charge in [-0.1, -0.05) is 19.2 Å². The maximum Gasteiger partial charge on any atom is 0.329 e. The van der Waals surface area contributed by atoms with Gasteiger partial charge >= 0.3 is 5.97 Å². The zero-order valence-corrected chi connectivity index (χ0v) is 8.14. The molecule has 0 aliphatic rings. The van der Waals surface area contributed by atoms with Crippen molar-refractivity contribution in [3.8, 4) is 0 Å². The first kappa shape index (κ1) is 12.1. The van der Waals surface area contributed by atoms with E-state index < -0.39 is 5.97 Å². The summed E-state index contributed by atoms with van der Waals surface area (Å²) in [7, 11) is 1.31. The fraction of sp³-hybridized carbons (Fsp3) is 0.0909. The molecule has 0 aliphatic heterocycles. The summed E-state index contributed by atoms with van der Waals surface area (Å²) in [5.74, 6) is -0.394. The Morgan fingerprint density at radius 1 is 1.43 bits per heavy atom. The quantitative estimate of drug-likeness (QED) is 0.530. The van der Waals surface area contributed by atoms with Crippen LogP contribution in [0.2, 0.25) is 0 Å². The zero-order valence-electron chi connectivity index (χ0n) is 8.14. The van der Waals surface area contributed by atoms with E-state index in [-0.39, 0.29) is 0 Å². The normalized spacial score (nSPS) is 7.79. The summed E-state index contributed by atoms with van der Waals surface area (Å²) in [5.41, 5.74) is 1.11. The number of carbonyl (C=O) groups is 1. The van der Waals surface area contributed by atoms with E-state index in [0.717, 1.165) is 11.6 Å². The minimum atomic E-state index is -0.394. The highest BCUT2D eigenvalue weighted by molar-refractivity contribution is 5.80. The van der Waals surface area contributed by atoms with Gasteiger partial charge in [-0.2, -0.15) is 0 Å². The van der Waals surface area contributed by atoms with Gasteiger partial charge in [0.25, 0.3) is 0 Å². The number of aromatic nitrogens is 1. The minimum absolute atomic E-state index is 0.394. The molecule has 1 aromatic heterocycles. The highest BCUT2D eigenvalue weighted by Gasteiger charge is 1.81. The Morgan fingerprint density at radius 2 is 2.00 bits per heavy atom. The van der Waals surface area contributed by atoms with Crippen LogP contribution in [-0.4, -0.2) is 18.1 Å². The van der Waals surface area contributed by atoms with Crippen LogP contribution in [0.5, 0.6) is 0 Å². The van der Waals surface area contributed by atoms with E-state index in [2.05, 4.69) is 22.9 Å². The van der Waals surface area contributed by atoms with Crippen molar-refractivity contribution in [1.82, 2.24) is 4.98 Å². The molecule has 0 bridgehead atoms. The van der Waals surface area contributed by atoms with Gasteiger partial charge in [-0.25, -0.2) is 4.79 Å². The number of rotatable bonds is 2. The highest BCUT2D eigenvalue weighted by Crippen LogP contribution is 1.94. The molecule has 0 unspecified atom stereocenters. The lowest BCUT2D eigenvalue weighted by Gasteiger charge is -1.84. The lowest BCUT2D eigenvalue weighted by Crippen LogP contribution is -1.91. The van der Waals surface area contributed by atoms with Gasteiger partial charge in [0.15, 0.2) is 0 Å². The highest BCUT2D eigenvalue weighted by atomic mass is 16.5. The van der Waals surface area contributed by atoms with Crippen molar-refractivity contribution in [3.05, 3.63) is 49.3 Å². The Kier molecular flexibility index (Phi) is 6.68. The number of pyridine rings is 1. The molecule has 0 saturated carbocycles. The predicted molar refractivity (Wildman–Crippen MR) is 56.5 cm³/mol. The summed E-state index contributed by atoms with van der Waals surface area (Å²) in [4.78, 5) is 13.7. The average molecular weight is 191 g/mol. The Labute approximate surface area is 83.7 Å². The first-order chi connectivity index (χ1) is 6.74. The van der Waals surface area contributed by atoms with E-state index in [4.69, 9.17) is 0 Å². The smallest absolute Gasteiger partial charge is 0.329 e. The van der Waals surface area contributed by atoms with Crippen LogP contribution in [0, 0.1) is 0 Å². The predicted octanol–water partition coefficient (Wildman–Crippen LogP) is 2.07. The number of hydrogen-bond donors (Lipinski definition) is 0. The monoisotopic (exact) mass is 191 g/mol. The van der Waals surface area contributed by atoms with Gasteiger partial charge < -0.3 is 4.74 Å². The third-order valence-corrected chi connectivity index (χ3v) is 1.31. The second kappa shape index (κ2) is 7.73. The first-order valence-electron chi connectivity index (χ1n) is 3.97. The van der Waals surface area contributed by atoms with Gasteiger partial charge in [-0.3, -0.25) is 4.98 Å². The van der Waals surface area contributed by atoms with Gasteiger partial charge in [0.2, 0.25) is 0 Å². The van der Waals surface area contributed by atoms with Crippen LogP contribution < -0.4 is 0 Å². The molecule has 0 aliphatic carbocycles. The second-order valence-electron chi connectivity index (χ2n) is 2.21. The van der Waals surface area contributed by atoms with Crippen molar-refractivity contribution in [2.24, 2.45) is 0 Å². The lowest BCUT2D eigenvalue weighted by molar-refractivity contribution is -0.134.